The minimum atomic E-state index is -4.52. The van der Waals surface area contributed by atoms with Crippen LogP contribution in [0.25, 0.3) is 49.3 Å². The first kappa shape index (κ1) is 31.7. The monoisotopic (exact) mass is 673 g/mol. The number of halogens is 4. The Balaban J connectivity index is 1.70. The standard InChI is InChI=1S/C35H23ClF3N3O4S/c1-40-34-27(15-16-41(34)2)31-28-19-24(37)10-14-30(28)42(47(44,45)25-11-7-20(8-12-25)33(38)39)32(31)22-6-4-5-21(17-22)26-13-9-23(18-29(26)36)35(43)46-3/h4-19,33H,2-3H3. The summed E-state index contributed by atoms with van der Waals surface area (Å²) in [6, 6.07) is 21.0. The molecule has 0 aliphatic heterocycles. The lowest BCUT2D eigenvalue weighted by atomic mass is 9.96. The zero-order chi connectivity index (χ0) is 33.6. The van der Waals surface area contributed by atoms with Crippen LogP contribution in [-0.4, -0.2) is 30.0 Å². The van der Waals surface area contributed by atoms with Gasteiger partial charge >= 0.3 is 5.97 Å². The number of aromatic nitrogens is 2. The summed E-state index contributed by atoms with van der Waals surface area (Å²) in [6.07, 6.45) is -1.16. The number of nitrogens with zero attached hydrogens (tertiary/aromatic N) is 3. The van der Waals surface area contributed by atoms with E-state index in [-0.39, 0.29) is 49.0 Å². The van der Waals surface area contributed by atoms with Crippen LogP contribution in [0.15, 0.2) is 102 Å². The number of rotatable bonds is 7. The molecule has 7 nitrogen and oxygen atoms in total. The van der Waals surface area contributed by atoms with Gasteiger partial charge < -0.3 is 14.1 Å². The van der Waals surface area contributed by atoms with Crippen molar-refractivity contribution in [1.29, 1.82) is 0 Å². The molecule has 0 aliphatic rings. The molecule has 236 valence electrons. The Hall–Kier alpha value is -5.31. The van der Waals surface area contributed by atoms with E-state index in [9.17, 15) is 26.4 Å². The van der Waals surface area contributed by atoms with Crippen LogP contribution in [0.2, 0.25) is 5.02 Å². The van der Waals surface area contributed by atoms with Crippen molar-refractivity contribution in [2.24, 2.45) is 7.05 Å². The zero-order valence-electron chi connectivity index (χ0n) is 24.7. The number of esters is 1. The lowest BCUT2D eigenvalue weighted by Crippen LogP contribution is -2.14. The zero-order valence-corrected chi connectivity index (χ0v) is 26.3. The van der Waals surface area contributed by atoms with Crippen LogP contribution in [0.5, 0.6) is 0 Å². The van der Waals surface area contributed by atoms with Crippen LogP contribution in [0.4, 0.5) is 19.0 Å². The molecule has 0 amide bonds. The second-order valence-electron chi connectivity index (χ2n) is 10.6. The Morgan fingerprint density at radius 1 is 0.936 bits per heavy atom. The maximum Gasteiger partial charge on any atom is 0.337 e. The molecule has 0 radical (unpaired) electrons. The summed E-state index contributed by atoms with van der Waals surface area (Å²) in [5.74, 6) is -1.02. The molecule has 47 heavy (non-hydrogen) atoms. The molecule has 0 saturated carbocycles. The van der Waals surface area contributed by atoms with Crippen molar-refractivity contribution in [2.45, 2.75) is 11.3 Å². The van der Waals surface area contributed by atoms with Gasteiger partial charge in [-0.2, -0.15) is 0 Å². The van der Waals surface area contributed by atoms with E-state index in [1.807, 2.05) is 0 Å². The van der Waals surface area contributed by atoms with Crippen molar-refractivity contribution >= 4 is 44.3 Å². The van der Waals surface area contributed by atoms with Crippen LogP contribution in [0.3, 0.4) is 0 Å². The smallest absolute Gasteiger partial charge is 0.337 e. The molecule has 4 aromatic carbocycles. The minimum absolute atomic E-state index is 0.111. The quantitative estimate of drug-likeness (QED) is 0.125. The van der Waals surface area contributed by atoms with Gasteiger partial charge in [0.15, 0.2) is 0 Å². The molecule has 2 heterocycles. The van der Waals surface area contributed by atoms with E-state index in [2.05, 4.69) is 4.85 Å². The molecule has 12 heteroatoms. The first-order valence-electron chi connectivity index (χ1n) is 14.0. The van der Waals surface area contributed by atoms with Gasteiger partial charge in [0, 0.05) is 38.2 Å². The van der Waals surface area contributed by atoms with Gasteiger partial charge in [0.1, 0.15) is 5.82 Å². The minimum Gasteiger partial charge on any atom is -0.465 e. The summed E-state index contributed by atoms with van der Waals surface area (Å²) in [7, 11) is -1.60. The summed E-state index contributed by atoms with van der Waals surface area (Å²) in [5, 5.41) is 0.452. The SMILES string of the molecule is [C-]#[N+]c1c(-c2c(-c3cccc(-c4ccc(C(=O)OC)cc4Cl)c3)n(S(=O)(=O)c3ccc(C(F)F)cc3)c3ccc(F)cc23)ccn1C. The Morgan fingerprint density at radius 3 is 2.32 bits per heavy atom. The van der Waals surface area contributed by atoms with Gasteiger partial charge in [-0.15, -0.1) is 0 Å². The van der Waals surface area contributed by atoms with E-state index in [1.54, 1.807) is 60.3 Å². The third-order valence-corrected chi connectivity index (χ3v) is 9.85. The average Bonchev–Trinajstić information content (AvgIpc) is 3.61. The summed E-state index contributed by atoms with van der Waals surface area (Å²) >= 11 is 6.59. The number of ether oxygens (including phenoxy) is 1. The molecule has 0 unspecified atom stereocenters. The molecule has 0 aliphatic carbocycles. The number of benzene rings is 4. The van der Waals surface area contributed by atoms with E-state index < -0.39 is 28.2 Å². The van der Waals surface area contributed by atoms with Crippen LogP contribution in [0.1, 0.15) is 22.3 Å². The van der Waals surface area contributed by atoms with E-state index in [4.69, 9.17) is 22.9 Å². The van der Waals surface area contributed by atoms with Gasteiger partial charge in [0.05, 0.1) is 42.0 Å². The Labute approximate surface area is 272 Å². The predicted octanol–water partition coefficient (Wildman–Crippen LogP) is 9.29. The highest BCUT2D eigenvalue weighted by atomic mass is 35.5. The summed E-state index contributed by atoms with van der Waals surface area (Å²) in [6.45, 7) is 7.86. The molecule has 0 saturated heterocycles. The number of carbonyl (C=O) groups is 1. The molecular formula is C35H23ClF3N3O4S. The molecule has 0 bridgehead atoms. The molecule has 0 N–H and O–H groups in total. The Kier molecular flexibility index (Phi) is 8.17. The van der Waals surface area contributed by atoms with Crippen molar-refractivity contribution in [3.63, 3.8) is 0 Å². The van der Waals surface area contributed by atoms with Crippen LogP contribution < -0.4 is 0 Å². The number of alkyl halides is 2. The first-order chi connectivity index (χ1) is 22.5. The lowest BCUT2D eigenvalue weighted by molar-refractivity contribution is 0.0600. The van der Waals surface area contributed by atoms with Gasteiger partial charge in [-0.1, -0.05) is 54.6 Å². The highest BCUT2D eigenvalue weighted by molar-refractivity contribution is 7.90. The van der Waals surface area contributed by atoms with Gasteiger partial charge in [0.2, 0.25) is 5.82 Å². The largest absolute Gasteiger partial charge is 0.465 e. The van der Waals surface area contributed by atoms with Gasteiger partial charge in [-0.25, -0.2) is 30.4 Å². The fourth-order valence-corrected chi connectivity index (χ4v) is 7.43. The van der Waals surface area contributed by atoms with Crippen molar-refractivity contribution in [3.05, 3.63) is 131 Å². The van der Waals surface area contributed by atoms with Crippen LogP contribution >= 0.6 is 11.6 Å². The number of hydrogen-bond acceptors (Lipinski definition) is 4. The summed E-state index contributed by atoms with van der Waals surface area (Å²) in [4.78, 5) is 15.5. The third kappa shape index (κ3) is 5.45. The maximum absolute atomic E-state index is 14.9. The Morgan fingerprint density at radius 2 is 1.66 bits per heavy atom. The van der Waals surface area contributed by atoms with Crippen LogP contribution in [0, 0.1) is 12.4 Å². The van der Waals surface area contributed by atoms with E-state index in [0.29, 0.717) is 22.3 Å². The van der Waals surface area contributed by atoms with Crippen molar-refractivity contribution in [1.82, 2.24) is 8.54 Å². The number of fused-ring (bicyclic) bond motifs is 1. The lowest BCUT2D eigenvalue weighted by Gasteiger charge is -2.15. The molecule has 0 atom stereocenters. The number of methoxy groups -OCH3 is 1. The number of hydrogen-bond donors (Lipinski definition) is 0. The normalized spacial score (nSPS) is 11.6. The van der Waals surface area contributed by atoms with Crippen molar-refractivity contribution < 1.29 is 31.1 Å². The van der Waals surface area contributed by atoms with Gasteiger partial charge in [-0.05, 0) is 60.2 Å². The van der Waals surface area contributed by atoms with E-state index in [1.165, 1.54) is 25.3 Å². The Bertz CT molecular complexity index is 2360. The molecule has 0 fully saturated rings. The van der Waals surface area contributed by atoms with E-state index >= 15 is 0 Å². The van der Waals surface area contributed by atoms with Gasteiger partial charge in [-0.3, -0.25) is 0 Å². The second-order valence-corrected chi connectivity index (χ2v) is 12.8. The van der Waals surface area contributed by atoms with Crippen molar-refractivity contribution in [3.8, 4) is 33.5 Å². The maximum atomic E-state index is 14.9. The summed E-state index contributed by atoms with van der Waals surface area (Å²) in [5.41, 5.74) is 2.22. The molecule has 6 aromatic rings. The average molecular weight is 674 g/mol. The number of aryl methyl sites for hydroxylation is 1. The summed E-state index contributed by atoms with van der Waals surface area (Å²) < 4.78 is 78.0. The number of carbonyl (C=O) groups excluding carboxylic acids is 1. The molecular weight excluding hydrogens is 651 g/mol. The topological polar surface area (TPSA) is 74.7 Å². The fourth-order valence-electron chi connectivity index (χ4n) is 5.59. The van der Waals surface area contributed by atoms with Crippen molar-refractivity contribution in [2.75, 3.05) is 7.11 Å². The first-order valence-corrected chi connectivity index (χ1v) is 15.8. The van der Waals surface area contributed by atoms with Crippen LogP contribution in [-0.2, 0) is 21.8 Å². The highest BCUT2D eigenvalue weighted by Gasteiger charge is 2.31. The third-order valence-electron chi connectivity index (χ3n) is 7.81. The fraction of sp³-hybridized carbons (Fsp3) is 0.0857. The van der Waals surface area contributed by atoms with E-state index in [0.717, 1.165) is 34.3 Å². The molecule has 6 rings (SSSR count). The highest BCUT2D eigenvalue weighted by Crippen LogP contribution is 2.47. The van der Waals surface area contributed by atoms with Gasteiger partial charge in [0.25, 0.3) is 16.4 Å². The predicted molar refractivity (Wildman–Crippen MR) is 174 cm³/mol. The molecule has 2 aromatic heterocycles. The second kappa shape index (κ2) is 12.1. The molecule has 0 spiro atoms.